The first-order valence-electron chi connectivity index (χ1n) is 3.18. The van der Waals surface area contributed by atoms with Crippen molar-refractivity contribution in [2.45, 2.75) is 31.4 Å². The van der Waals surface area contributed by atoms with Crippen molar-refractivity contribution in [2.75, 3.05) is 0 Å². The third kappa shape index (κ3) is 2.10. The van der Waals surface area contributed by atoms with Gasteiger partial charge in [0.1, 0.15) is 0 Å². The Kier molecular flexibility index (Phi) is 2.29. The zero-order chi connectivity index (χ0) is 7.12. The number of hydrogen-bond donors (Lipinski definition) is 3. The van der Waals surface area contributed by atoms with Crippen LogP contribution in [-0.4, -0.2) is 16.7 Å². The molecule has 4 heteroatoms. The molecule has 0 aromatic carbocycles. The molecule has 0 radical (unpaired) electrons. The van der Waals surface area contributed by atoms with E-state index in [1.165, 1.54) is 0 Å². The third-order valence-electron chi connectivity index (χ3n) is 1.39. The van der Waals surface area contributed by atoms with Crippen LogP contribution in [0.25, 0.3) is 0 Å². The van der Waals surface area contributed by atoms with Gasteiger partial charge in [-0.15, -0.1) is 12.4 Å². The Morgan fingerprint density at radius 2 is 2.33 bits per heavy atom. The minimum Gasteiger partial charge on any atom is -0.390 e. The van der Waals surface area contributed by atoms with E-state index in [0.717, 1.165) is 0 Å². The second kappa shape index (κ2) is 2.84. The molecule has 1 saturated carbocycles. The molecule has 0 amide bonds. The molecule has 3 nitrogen and oxygen atoms in total. The Hall–Kier alpha value is 0.170. The molecule has 9 heavy (non-hydrogen) atoms. The molecule has 4 N–H and O–H groups in total. The molecule has 56 valence electrons. The maximum atomic E-state index is 9.16. The minimum atomic E-state index is -0.774. The molecule has 1 aliphatic rings. The first kappa shape index (κ1) is 7.28. The second-order valence-electron chi connectivity index (χ2n) is 2.60. The van der Waals surface area contributed by atoms with Gasteiger partial charge in [-0.1, -0.05) is 0 Å². The van der Waals surface area contributed by atoms with Gasteiger partial charge in [0.25, 0.3) is 0 Å². The summed E-state index contributed by atoms with van der Waals surface area (Å²) >= 11 is 0. The van der Waals surface area contributed by atoms with Crippen molar-refractivity contribution < 1.29 is 6.48 Å². The van der Waals surface area contributed by atoms with Crippen molar-refractivity contribution >= 4 is 12.4 Å². The van der Waals surface area contributed by atoms with E-state index in [1.54, 1.807) is 6.92 Å². The lowest BCUT2D eigenvalue weighted by molar-refractivity contribution is -0.0388. The summed E-state index contributed by atoms with van der Waals surface area (Å²) in [6.45, 7) is 1.71. The number of nitrogens with one attached hydrogen (secondary N) is 1. The van der Waals surface area contributed by atoms with Crippen LogP contribution in [0.4, 0.5) is 0 Å². The van der Waals surface area contributed by atoms with Gasteiger partial charge < -0.3 is 5.11 Å². The first-order valence-corrected chi connectivity index (χ1v) is 2.68. The van der Waals surface area contributed by atoms with Gasteiger partial charge in [0.05, 0.1) is 5.60 Å². The van der Waals surface area contributed by atoms with E-state index >= 15 is 0 Å². The molecule has 0 aromatic heterocycles. The lowest BCUT2D eigenvalue weighted by Gasteiger charge is -2.40. The minimum absolute atomic E-state index is 0. The highest BCUT2D eigenvalue weighted by molar-refractivity contribution is 5.85. The summed E-state index contributed by atoms with van der Waals surface area (Å²) < 4.78 is 7.37. The van der Waals surface area contributed by atoms with Crippen molar-refractivity contribution in [3.8, 4) is 0 Å². The molecule has 0 atom stereocenters. The molecule has 0 heterocycles. The van der Waals surface area contributed by atoms with Gasteiger partial charge in [0.15, 0.2) is 0 Å². The predicted molar refractivity (Wildman–Crippen MR) is 38.2 cm³/mol. The zero-order valence-corrected chi connectivity index (χ0v) is 6.16. The summed E-state index contributed by atoms with van der Waals surface area (Å²) in [6.07, 6.45) is 0.826. The molecule has 0 spiro atoms. The highest BCUT2D eigenvalue weighted by Crippen LogP contribution is 2.30. The van der Waals surface area contributed by atoms with Gasteiger partial charge in [-0.25, -0.2) is 0 Å². The smallest absolute Gasteiger partial charge is 0.0650 e. The molecule has 1 fully saturated rings. The van der Waals surface area contributed by atoms with Crippen LogP contribution in [0.3, 0.4) is 0 Å². The van der Waals surface area contributed by atoms with Crippen molar-refractivity contribution in [1.29, 1.82) is 0 Å². The lowest BCUT2D eigenvalue weighted by Crippen LogP contribution is -2.53. The number of aliphatic hydroxyl groups is 1. The molecule has 1 aliphatic carbocycles. The Balaban J connectivity index is 0.000000810. The summed E-state index contributed by atoms with van der Waals surface area (Å²) in [5.41, 5.74) is 1.67. The van der Waals surface area contributed by atoms with E-state index in [4.69, 9.17) is 12.3 Å². The van der Waals surface area contributed by atoms with Crippen LogP contribution < -0.4 is 11.3 Å². The largest absolute Gasteiger partial charge is 0.390 e. The molecular weight excluding hydrogens is 140 g/mol. The number of hydrogen-bond acceptors (Lipinski definition) is 3. The second-order valence-corrected chi connectivity index (χ2v) is 2.60. The fraction of sp³-hybridized carbons (Fsp3) is 1.00. The van der Waals surface area contributed by atoms with E-state index in [9.17, 15) is 0 Å². The van der Waals surface area contributed by atoms with Crippen LogP contribution >= 0.6 is 12.4 Å². The Morgan fingerprint density at radius 1 is 1.89 bits per heavy atom. The van der Waals surface area contributed by atoms with E-state index < -0.39 is 11.6 Å². The van der Waals surface area contributed by atoms with Gasteiger partial charge in [-0.2, -0.15) is 0 Å². The molecular formula is C5H13ClN2O. The van der Waals surface area contributed by atoms with Crippen LogP contribution in [-0.2, 0) is 0 Å². The lowest BCUT2D eigenvalue weighted by atomic mass is 9.78. The highest BCUT2D eigenvalue weighted by Gasteiger charge is 2.37. The molecule has 0 bridgehead atoms. The number of hydrazine groups is 1. The van der Waals surface area contributed by atoms with Crippen molar-refractivity contribution in [3.05, 3.63) is 0 Å². The highest BCUT2D eigenvalue weighted by atomic mass is 35.5. The maximum absolute atomic E-state index is 9.16. The van der Waals surface area contributed by atoms with Gasteiger partial charge >= 0.3 is 0 Å². The fourth-order valence-corrected chi connectivity index (χ4v) is 0.970. The number of halogens is 1. The van der Waals surface area contributed by atoms with Crippen molar-refractivity contribution in [1.82, 2.24) is 5.43 Å². The molecule has 0 aromatic rings. The summed E-state index contributed by atoms with van der Waals surface area (Å²) in [5.74, 6) is 5.04. The fourth-order valence-electron chi connectivity index (χ4n) is 0.970. The van der Waals surface area contributed by atoms with Crippen LogP contribution in [0, 0.1) is 0 Å². The van der Waals surface area contributed by atoms with Gasteiger partial charge in [0.2, 0.25) is 0 Å². The number of nitrogens with two attached hydrogens (primary N) is 1. The van der Waals surface area contributed by atoms with Gasteiger partial charge in [0, 0.05) is 7.39 Å². The van der Waals surface area contributed by atoms with Crippen molar-refractivity contribution in [3.63, 3.8) is 0 Å². The standard InChI is InChI=1S/C5H12N2O.ClH/c1-5(8)2-4(3-5)7-6;/h4,7-8H,2-3,6H2,1H3;1H/i4D;. The van der Waals surface area contributed by atoms with Crippen LogP contribution in [0.15, 0.2) is 0 Å². The summed E-state index contributed by atoms with van der Waals surface area (Å²) in [5, 5.41) is 9.16. The molecule has 1 rings (SSSR count). The topological polar surface area (TPSA) is 58.3 Å². The molecule has 0 saturated heterocycles. The Morgan fingerprint density at radius 3 is 2.44 bits per heavy atom. The zero-order valence-electron chi connectivity index (χ0n) is 6.35. The quantitative estimate of drug-likeness (QED) is 0.361. The monoisotopic (exact) mass is 153 g/mol. The predicted octanol–water partition coefficient (Wildman–Crippen LogP) is -0.215. The average molecular weight is 154 g/mol. The van der Waals surface area contributed by atoms with E-state index in [-0.39, 0.29) is 12.4 Å². The molecule has 0 aliphatic heterocycles. The average Bonchev–Trinajstić information content (AvgIpc) is 1.61. The Bertz CT molecular complexity index is 123. The third-order valence-corrected chi connectivity index (χ3v) is 1.39. The van der Waals surface area contributed by atoms with Gasteiger partial charge in [-0.3, -0.25) is 11.3 Å². The number of rotatable bonds is 1. The van der Waals surface area contributed by atoms with Crippen LogP contribution in [0.5, 0.6) is 0 Å². The summed E-state index contributed by atoms with van der Waals surface area (Å²) in [4.78, 5) is 0. The van der Waals surface area contributed by atoms with E-state index in [1.807, 2.05) is 0 Å². The first-order chi connectivity index (χ1) is 3.97. The normalized spacial score (nSPS) is 50.8. The Labute approximate surface area is 62.4 Å². The van der Waals surface area contributed by atoms with E-state index in [0.29, 0.717) is 12.8 Å². The molecule has 0 unspecified atom stereocenters. The van der Waals surface area contributed by atoms with Crippen LogP contribution in [0.2, 0.25) is 0 Å². The summed E-state index contributed by atoms with van der Waals surface area (Å²) in [7, 11) is 0. The van der Waals surface area contributed by atoms with E-state index in [2.05, 4.69) is 5.43 Å². The summed E-state index contributed by atoms with van der Waals surface area (Å²) in [6, 6.07) is -0.774. The SMILES string of the molecule is Cl.[2H]C1(NN)CC(C)(O)C1. The van der Waals surface area contributed by atoms with Crippen LogP contribution in [0.1, 0.15) is 21.1 Å². The van der Waals surface area contributed by atoms with Crippen molar-refractivity contribution in [2.24, 2.45) is 5.84 Å². The van der Waals surface area contributed by atoms with Gasteiger partial charge in [-0.05, 0) is 19.8 Å². The maximum Gasteiger partial charge on any atom is 0.0650 e.